The summed E-state index contributed by atoms with van der Waals surface area (Å²) in [5.74, 6) is 0.144. The molecule has 1 aromatic rings. The number of aliphatic hydroxyl groups is 1. The molecule has 0 bridgehead atoms. The second kappa shape index (κ2) is 6.67. The van der Waals surface area contributed by atoms with E-state index in [1.165, 1.54) is 17.8 Å². The minimum absolute atomic E-state index is 0.00740. The molecule has 19 heavy (non-hydrogen) atoms. The van der Waals surface area contributed by atoms with Crippen LogP contribution < -0.4 is 5.73 Å². The third-order valence-corrected chi connectivity index (χ3v) is 3.41. The smallest absolute Gasteiger partial charge is 0.409 e. The van der Waals surface area contributed by atoms with Crippen LogP contribution >= 0.6 is 11.8 Å². The van der Waals surface area contributed by atoms with Crippen LogP contribution in [0.2, 0.25) is 0 Å². The highest BCUT2D eigenvalue weighted by Gasteiger charge is 2.31. The van der Waals surface area contributed by atoms with Gasteiger partial charge >= 0.3 is 6.18 Å². The highest BCUT2D eigenvalue weighted by molar-refractivity contribution is 7.99. The lowest BCUT2D eigenvalue weighted by Gasteiger charge is -2.12. The average Bonchev–Trinajstić information content (AvgIpc) is 2.37. The maximum absolute atomic E-state index is 12.6. The summed E-state index contributed by atoms with van der Waals surface area (Å²) >= 11 is 1.24. The van der Waals surface area contributed by atoms with E-state index in [1.807, 2.05) is 0 Å². The van der Waals surface area contributed by atoms with Gasteiger partial charge < -0.3 is 16.0 Å². The van der Waals surface area contributed by atoms with Crippen LogP contribution in [0.25, 0.3) is 0 Å². The molecule has 0 amide bonds. The zero-order valence-corrected chi connectivity index (χ0v) is 10.6. The zero-order valence-electron chi connectivity index (χ0n) is 9.81. The van der Waals surface area contributed by atoms with Crippen LogP contribution in [0.4, 0.5) is 13.2 Å². The van der Waals surface area contributed by atoms with Crippen molar-refractivity contribution in [1.29, 1.82) is 0 Å². The number of nitrogens with zero attached hydrogens (tertiary/aromatic N) is 1. The molecule has 0 atom stereocenters. The lowest BCUT2D eigenvalue weighted by atomic mass is 10.1. The van der Waals surface area contributed by atoms with Gasteiger partial charge in [0.1, 0.15) is 0 Å². The molecule has 106 valence electrons. The number of oxime groups is 1. The van der Waals surface area contributed by atoms with Crippen LogP contribution in [-0.2, 0) is 6.18 Å². The second-order valence-electron chi connectivity index (χ2n) is 3.62. The fourth-order valence-electron chi connectivity index (χ4n) is 1.33. The third-order valence-electron chi connectivity index (χ3n) is 2.25. The van der Waals surface area contributed by atoms with Crippen molar-refractivity contribution in [2.24, 2.45) is 10.9 Å². The van der Waals surface area contributed by atoms with Gasteiger partial charge in [-0.3, -0.25) is 0 Å². The van der Waals surface area contributed by atoms with Crippen LogP contribution in [-0.4, -0.2) is 28.5 Å². The molecule has 0 spiro atoms. The summed E-state index contributed by atoms with van der Waals surface area (Å²) in [5.41, 5.74) is 4.55. The van der Waals surface area contributed by atoms with Gasteiger partial charge in [0.15, 0.2) is 5.84 Å². The van der Waals surface area contributed by atoms with Gasteiger partial charge in [0.25, 0.3) is 0 Å². The Morgan fingerprint density at radius 1 is 1.37 bits per heavy atom. The van der Waals surface area contributed by atoms with Crippen molar-refractivity contribution in [3.05, 3.63) is 29.3 Å². The maximum atomic E-state index is 12.6. The number of benzene rings is 1. The molecular formula is C11H13F3N2O2S. The molecule has 0 unspecified atom stereocenters. The van der Waals surface area contributed by atoms with Gasteiger partial charge in [-0.05, 0) is 24.6 Å². The van der Waals surface area contributed by atoms with E-state index in [4.69, 9.17) is 16.0 Å². The number of halogens is 3. The van der Waals surface area contributed by atoms with Crippen LogP contribution in [0, 0.1) is 0 Å². The van der Waals surface area contributed by atoms with Crippen molar-refractivity contribution in [2.75, 3.05) is 12.4 Å². The van der Waals surface area contributed by atoms with E-state index in [1.54, 1.807) is 0 Å². The highest BCUT2D eigenvalue weighted by atomic mass is 32.2. The molecule has 8 heteroatoms. The molecule has 1 aromatic carbocycles. The third kappa shape index (κ3) is 4.32. The van der Waals surface area contributed by atoms with Gasteiger partial charge in [0, 0.05) is 22.8 Å². The number of hydrogen-bond donors (Lipinski definition) is 3. The zero-order chi connectivity index (χ0) is 14.5. The van der Waals surface area contributed by atoms with Crippen molar-refractivity contribution < 1.29 is 23.5 Å². The fraction of sp³-hybridized carbons (Fsp3) is 0.364. The monoisotopic (exact) mass is 294 g/mol. The van der Waals surface area contributed by atoms with Gasteiger partial charge in [-0.2, -0.15) is 13.2 Å². The lowest BCUT2D eigenvalue weighted by molar-refractivity contribution is -0.137. The SMILES string of the molecule is NC(=NO)c1cc(C(F)(F)F)ccc1SCCCO. The van der Waals surface area contributed by atoms with Crippen molar-refractivity contribution in [3.8, 4) is 0 Å². The molecule has 0 heterocycles. The first-order chi connectivity index (χ1) is 8.90. The van der Waals surface area contributed by atoms with Crippen LogP contribution in [0.1, 0.15) is 17.5 Å². The Hall–Kier alpha value is -1.41. The molecule has 0 radical (unpaired) electrons. The number of aliphatic hydroxyl groups excluding tert-OH is 1. The standard InChI is InChI=1S/C11H13F3N2O2S/c12-11(13,14)7-2-3-9(19-5-1-4-17)8(6-7)10(15)16-18/h2-3,6,17-18H,1,4-5H2,(H2,15,16). The molecule has 1 rings (SSSR count). The number of nitrogens with two attached hydrogens (primary N) is 1. The van der Waals surface area contributed by atoms with E-state index >= 15 is 0 Å². The molecule has 4 nitrogen and oxygen atoms in total. The van der Waals surface area contributed by atoms with E-state index in [-0.39, 0.29) is 18.0 Å². The molecule has 0 aromatic heterocycles. The number of rotatable bonds is 5. The molecule has 0 fully saturated rings. The maximum Gasteiger partial charge on any atom is 0.416 e. The average molecular weight is 294 g/mol. The normalized spacial score (nSPS) is 12.7. The largest absolute Gasteiger partial charge is 0.416 e. The molecule has 4 N–H and O–H groups in total. The van der Waals surface area contributed by atoms with Crippen LogP contribution in [0.3, 0.4) is 0 Å². The Bertz CT molecular complexity index is 464. The topological polar surface area (TPSA) is 78.8 Å². The molecule has 0 aliphatic heterocycles. The van der Waals surface area contributed by atoms with Crippen molar-refractivity contribution in [2.45, 2.75) is 17.5 Å². The van der Waals surface area contributed by atoms with E-state index in [0.717, 1.165) is 12.1 Å². The van der Waals surface area contributed by atoms with Gasteiger partial charge in [-0.15, -0.1) is 11.8 Å². The minimum atomic E-state index is -4.49. The van der Waals surface area contributed by atoms with Crippen molar-refractivity contribution in [1.82, 2.24) is 0 Å². The quantitative estimate of drug-likeness (QED) is 0.194. The number of thioether (sulfide) groups is 1. The Morgan fingerprint density at radius 2 is 2.05 bits per heavy atom. The molecule has 0 saturated heterocycles. The summed E-state index contributed by atoms with van der Waals surface area (Å²) in [4.78, 5) is 0.469. The predicted octanol–water partition coefficient (Wildman–Crippen LogP) is 2.27. The first kappa shape index (κ1) is 15.6. The van der Waals surface area contributed by atoms with E-state index < -0.39 is 11.7 Å². The summed E-state index contributed by atoms with van der Waals surface area (Å²) in [6.07, 6.45) is -3.99. The first-order valence-corrected chi connectivity index (χ1v) is 6.31. The fourth-order valence-corrected chi connectivity index (χ4v) is 2.31. The number of alkyl halides is 3. The van der Waals surface area contributed by atoms with Gasteiger partial charge in [-0.25, -0.2) is 0 Å². The number of hydrogen-bond acceptors (Lipinski definition) is 4. The van der Waals surface area contributed by atoms with Gasteiger partial charge in [-0.1, -0.05) is 5.16 Å². The van der Waals surface area contributed by atoms with Crippen LogP contribution in [0.15, 0.2) is 28.3 Å². The Kier molecular flexibility index (Phi) is 5.49. The highest BCUT2D eigenvalue weighted by Crippen LogP contribution is 2.33. The van der Waals surface area contributed by atoms with E-state index in [0.29, 0.717) is 17.1 Å². The molecule has 0 aliphatic carbocycles. The van der Waals surface area contributed by atoms with Gasteiger partial charge in [0.2, 0.25) is 0 Å². The Balaban J connectivity index is 3.10. The van der Waals surface area contributed by atoms with Crippen LogP contribution in [0.5, 0.6) is 0 Å². The first-order valence-electron chi connectivity index (χ1n) is 5.33. The minimum Gasteiger partial charge on any atom is -0.409 e. The second-order valence-corrected chi connectivity index (χ2v) is 4.76. The molecule has 0 saturated carbocycles. The predicted molar refractivity (Wildman–Crippen MR) is 66.4 cm³/mol. The molecular weight excluding hydrogens is 281 g/mol. The summed E-state index contributed by atoms with van der Waals surface area (Å²) in [5, 5.41) is 20.0. The summed E-state index contributed by atoms with van der Waals surface area (Å²) in [6.45, 7) is -0.00740. The van der Waals surface area contributed by atoms with E-state index in [2.05, 4.69) is 5.16 Å². The van der Waals surface area contributed by atoms with Crippen molar-refractivity contribution in [3.63, 3.8) is 0 Å². The van der Waals surface area contributed by atoms with Crippen molar-refractivity contribution >= 4 is 17.6 Å². The summed E-state index contributed by atoms with van der Waals surface area (Å²) in [7, 11) is 0. The van der Waals surface area contributed by atoms with E-state index in [9.17, 15) is 13.2 Å². The summed E-state index contributed by atoms with van der Waals surface area (Å²) in [6, 6.07) is 3.06. The Morgan fingerprint density at radius 3 is 2.58 bits per heavy atom. The lowest BCUT2D eigenvalue weighted by Crippen LogP contribution is -2.16. The number of amidine groups is 1. The van der Waals surface area contributed by atoms with Gasteiger partial charge in [0.05, 0.1) is 5.56 Å². The molecule has 0 aliphatic rings. The Labute approximate surface area is 112 Å². The summed E-state index contributed by atoms with van der Waals surface area (Å²) < 4.78 is 37.8.